The Bertz CT molecular complexity index is 601. The summed E-state index contributed by atoms with van der Waals surface area (Å²) in [6, 6.07) is 15.4. The second-order valence-electron chi connectivity index (χ2n) is 5.46. The van der Waals surface area contributed by atoms with E-state index in [0.29, 0.717) is 0 Å². The van der Waals surface area contributed by atoms with E-state index in [1.165, 1.54) is 0 Å². The number of hydrogen-bond acceptors (Lipinski definition) is 3. The van der Waals surface area contributed by atoms with Gasteiger partial charge in [-0.25, -0.2) is 0 Å². The van der Waals surface area contributed by atoms with Crippen molar-refractivity contribution in [2.75, 3.05) is 13.2 Å². The van der Waals surface area contributed by atoms with Crippen LogP contribution in [0.1, 0.15) is 31.0 Å². The maximum Gasteiger partial charge on any atom is 0.261 e. The molecule has 0 spiro atoms. The van der Waals surface area contributed by atoms with Crippen molar-refractivity contribution < 1.29 is 9.53 Å². The van der Waals surface area contributed by atoms with Crippen molar-refractivity contribution >= 4 is 5.91 Å². The first-order valence-corrected chi connectivity index (χ1v) is 7.73. The number of rotatable bonds is 4. The fourth-order valence-corrected chi connectivity index (χ4v) is 2.86. The van der Waals surface area contributed by atoms with Gasteiger partial charge in [-0.05, 0) is 43.5 Å². The van der Waals surface area contributed by atoms with Gasteiger partial charge in [-0.1, -0.05) is 24.3 Å². The Labute approximate surface area is 130 Å². The third-order valence-corrected chi connectivity index (χ3v) is 3.96. The Kier molecular flexibility index (Phi) is 4.68. The fourth-order valence-electron chi connectivity index (χ4n) is 2.86. The van der Waals surface area contributed by atoms with Gasteiger partial charge in [0.05, 0.1) is 11.7 Å². The number of piperidine rings is 1. The average molecular weight is 296 g/mol. The highest BCUT2D eigenvalue weighted by atomic mass is 16.5. The zero-order chi connectivity index (χ0) is 15.2. The lowest BCUT2D eigenvalue weighted by Crippen LogP contribution is -2.41. The SMILES string of the molecule is O=C(COc1ccccc1)N1CCCCC1c1ccccn1. The van der Waals surface area contributed by atoms with Crippen LogP contribution in [0.25, 0.3) is 0 Å². The number of carbonyl (C=O) groups excluding carboxylic acids is 1. The van der Waals surface area contributed by atoms with E-state index < -0.39 is 0 Å². The van der Waals surface area contributed by atoms with E-state index in [2.05, 4.69) is 4.98 Å². The second-order valence-corrected chi connectivity index (χ2v) is 5.46. The van der Waals surface area contributed by atoms with Gasteiger partial charge in [0.15, 0.2) is 6.61 Å². The molecule has 3 rings (SSSR count). The number of carbonyl (C=O) groups is 1. The molecule has 1 fully saturated rings. The Morgan fingerprint density at radius 2 is 1.95 bits per heavy atom. The third-order valence-electron chi connectivity index (χ3n) is 3.96. The molecule has 1 unspecified atom stereocenters. The summed E-state index contributed by atoms with van der Waals surface area (Å²) in [7, 11) is 0. The van der Waals surface area contributed by atoms with Crippen LogP contribution in [-0.4, -0.2) is 28.9 Å². The first kappa shape index (κ1) is 14.6. The van der Waals surface area contributed by atoms with Crippen molar-refractivity contribution in [1.29, 1.82) is 0 Å². The predicted molar refractivity (Wildman–Crippen MR) is 84.5 cm³/mol. The van der Waals surface area contributed by atoms with Crippen LogP contribution in [-0.2, 0) is 4.79 Å². The Balaban J connectivity index is 1.66. The molecule has 2 aromatic rings. The number of para-hydroxylation sites is 1. The minimum atomic E-state index is 0.0270. The van der Waals surface area contributed by atoms with Gasteiger partial charge in [-0.15, -0.1) is 0 Å². The van der Waals surface area contributed by atoms with Crippen LogP contribution in [0.2, 0.25) is 0 Å². The molecular formula is C18H20N2O2. The van der Waals surface area contributed by atoms with E-state index >= 15 is 0 Å². The summed E-state index contributed by atoms with van der Waals surface area (Å²) in [5.74, 6) is 0.751. The van der Waals surface area contributed by atoms with E-state index in [9.17, 15) is 4.79 Å². The highest BCUT2D eigenvalue weighted by molar-refractivity contribution is 5.78. The lowest BCUT2D eigenvalue weighted by atomic mass is 9.99. The molecule has 114 valence electrons. The molecule has 0 bridgehead atoms. The van der Waals surface area contributed by atoms with Gasteiger partial charge in [0, 0.05) is 12.7 Å². The quantitative estimate of drug-likeness (QED) is 0.870. The van der Waals surface area contributed by atoms with Crippen molar-refractivity contribution in [2.24, 2.45) is 0 Å². The van der Waals surface area contributed by atoms with E-state index in [1.807, 2.05) is 53.4 Å². The fraction of sp³-hybridized carbons (Fsp3) is 0.333. The van der Waals surface area contributed by atoms with E-state index in [4.69, 9.17) is 4.74 Å². The highest BCUT2D eigenvalue weighted by Gasteiger charge is 2.28. The first-order chi connectivity index (χ1) is 10.8. The van der Waals surface area contributed by atoms with Crippen molar-refractivity contribution in [3.05, 3.63) is 60.4 Å². The summed E-state index contributed by atoms with van der Waals surface area (Å²) in [4.78, 5) is 18.9. The van der Waals surface area contributed by atoms with E-state index in [0.717, 1.165) is 37.3 Å². The predicted octanol–water partition coefficient (Wildman–Crippen LogP) is 3.21. The third kappa shape index (κ3) is 3.45. The van der Waals surface area contributed by atoms with Gasteiger partial charge in [0.25, 0.3) is 5.91 Å². The number of pyridine rings is 1. The largest absolute Gasteiger partial charge is 0.484 e. The van der Waals surface area contributed by atoms with Crippen molar-refractivity contribution in [1.82, 2.24) is 9.88 Å². The van der Waals surface area contributed by atoms with Crippen LogP contribution in [0.5, 0.6) is 5.75 Å². The number of hydrogen-bond donors (Lipinski definition) is 0. The summed E-state index contributed by atoms with van der Waals surface area (Å²) < 4.78 is 5.59. The smallest absolute Gasteiger partial charge is 0.261 e. The minimum Gasteiger partial charge on any atom is -0.484 e. The number of likely N-dealkylation sites (tertiary alicyclic amines) is 1. The molecule has 0 aliphatic carbocycles. The Morgan fingerprint density at radius 1 is 1.14 bits per heavy atom. The summed E-state index contributed by atoms with van der Waals surface area (Å²) in [6.07, 6.45) is 4.92. The normalized spacial score (nSPS) is 18.0. The number of benzene rings is 1. The molecule has 4 heteroatoms. The maximum atomic E-state index is 12.5. The van der Waals surface area contributed by atoms with Crippen molar-refractivity contribution in [3.8, 4) is 5.75 Å². The molecule has 1 amide bonds. The van der Waals surface area contributed by atoms with Gasteiger partial charge in [0.2, 0.25) is 0 Å². The molecule has 1 atom stereocenters. The first-order valence-electron chi connectivity index (χ1n) is 7.73. The minimum absolute atomic E-state index is 0.0270. The topological polar surface area (TPSA) is 42.4 Å². The second kappa shape index (κ2) is 7.07. The Hall–Kier alpha value is -2.36. The lowest BCUT2D eigenvalue weighted by molar-refractivity contribution is -0.137. The molecule has 1 aromatic heterocycles. The zero-order valence-electron chi connectivity index (χ0n) is 12.5. The molecule has 1 aliphatic rings. The van der Waals surface area contributed by atoms with Gasteiger partial charge >= 0.3 is 0 Å². The van der Waals surface area contributed by atoms with Crippen molar-refractivity contribution in [3.63, 3.8) is 0 Å². The highest BCUT2D eigenvalue weighted by Crippen LogP contribution is 2.29. The van der Waals surface area contributed by atoms with Crippen molar-refractivity contribution in [2.45, 2.75) is 25.3 Å². The van der Waals surface area contributed by atoms with Crippen LogP contribution >= 0.6 is 0 Å². The van der Waals surface area contributed by atoms with E-state index in [-0.39, 0.29) is 18.6 Å². The summed E-state index contributed by atoms with van der Waals surface area (Å²) in [5.41, 5.74) is 0.968. The number of nitrogens with zero attached hydrogens (tertiary/aromatic N) is 2. The van der Waals surface area contributed by atoms with Crippen LogP contribution in [0.4, 0.5) is 0 Å². The monoisotopic (exact) mass is 296 g/mol. The summed E-state index contributed by atoms with van der Waals surface area (Å²) in [5, 5.41) is 0. The number of ether oxygens (including phenoxy) is 1. The zero-order valence-corrected chi connectivity index (χ0v) is 12.5. The summed E-state index contributed by atoms with van der Waals surface area (Å²) >= 11 is 0. The van der Waals surface area contributed by atoms with Gasteiger partial charge in [0.1, 0.15) is 5.75 Å². The molecule has 0 N–H and O–H groups in total. The maximum absolute atomic E-state index is 12.5. The molecule has 4 nitrogen and oxygen atoms in total. The standard InChI is InChI=1S/C18H20N2O2/c21-18(14-22-15-8-2-1-3-9-15)20-13-7-5-11-17(20)16-10-4-6-12-19-16/h1-4,6,8-10,12,17H,5,7,11,13-14H2. The van der Waals surface area contributed by atoms with Gasteiger partial charge in [-0.2, -0.15) is 0 Å². The van der Waals surface area contributed by atoms with Gasteiger partial charge < -0.3 is 9.64 Å². The molecule has 1 aliphatic heterocycles. The number of amides is 1. The molecule has 1 saturated heterocycles. The van der Waals surface area contributed by atoms with Gasteiger partial charge in [-0.3, -0.25) is 9.78 Å². The molecule has 0 saturated carbocycles. The summed E-state index contributed by atoms with van der Waals surface area (Å²) in [6.45, 7) is 0.853. The molecule has 0 radical (unpaired) electrons. The molecule has 2 heterocycles. The molecular weight excluding hydrogens is 276 g/mol. The van der Waals surface area contributed by atoms with Crippen LogP contribution < -0.4 is 4.74 Å². The Morgan fingerprint density at radius 3 is 2.73 bits per heavy atom. The van der Waals surface area contributed by atoms with E-state index in [1.54, 1.807) is 6.20 Å². The van der Waals surface area contributed by atoms with Crippen LogP contribution in [0.3, 0.4) is 0 Å². The van der Waals surface area contributed by atoms with Crippen LogP contribution in [0, 0.1) is 0 Å². The lowest BCUT2D eigenvalue weighted by Gasteiger charge is -2.35. The number of aromatic nitrogens is 1. The molecule has 22 heavy (non-hydrogen) atoms. The van der Waals surface area contributed by atoms with Crippen LogP contribution in [0.15, 0.2) is 54.7 Å². The average Bonchev–Trinajstić information content (AvgIpc) is 2.61. The molecule has 1 aromatic carbocycles.